The van der Waals surface area contributed by atoms with Crippen molar-refractivity contribution in [2.75, 3.05) is 33.1 Å². The molecule has 1 aromatic carbocycles. The lowest BCUT2D eigenvalue weighted by atomic mass is 10.3. The summed E-state index contributed by atoms with van der Waals surface area (Å²) in [7, 11) is 4.51. The lowest BCUT2D eigenvalue weighted by molar-refractivity contribution is -0.384. The minimum absolute atomic E-state index is 0.0860. The van der Waals surface area contributed by atoms with Crippen LogP contribution < -0.4 is 5.32 Å². The molecule has 0 aliphatic heterocycles. The van der Waals surface area contributed by atoms with Gasteiger partial charge in [-0.2, -0.15) is 0 Å². The Labute approximate surface area is 116 Å². The van der Waals surface area contributed by atoms with E-state index < -0.39 is 17.2 Å². The molecule has 0 aliphatic carbocycles. The number of likely N-dealkylation sites (N-methyl/N-ethyl adjacent to an activating group) is 1. The van der Waals surface area contributed by atoms with E-state index >= 15 is 0 Å². The second kappa shape index (κ2) is 7.41. The third-order valence-corrected chi connectivity index (χ3v) is 2.60. The molecular weight excluding hydrogens is 266 g/mol. The zero-order valence-corrected chi connectivity index (χ0v) is 11.5. The smallest absolute Gasteiger partial charge is 0.321 e. The number of hydrogen-bond acceptors (Lipinski definition) is 5. The van der Waals surface area contributed by atoms with Gasteiger partial charge in [-0.3, -0.25) is 10.1 Å². The summed E-state index contributed by atoms with van der Waals surface area (Å²) in [4.78, 5) is 23.4. The zero-order chi connectivity index (χ0) is 15.1. The van der Waals surface area contributed by atoms with Crippen molar-refractivity contribution in [3.63, 3.8) is 0 Å². The van der Waals surface area contributed by atoms with Crippen molar-refractivity contribution in [2.45, 2.75) is 6.29 Å². The number of non-ortho nitro benzene ring substituents is 1. The molecule has 8 nitrogen and oxygen atoms in total. The Morgan fingerprint density at radius 1 is 1.45 bits per heavy atom. The van der Waals surface area contributed by atoms with Crippen LogP contribution in [0.4, 0.5) is 16.2 Å². The zero-order valence-electron chi connectivity index (χ0n) is 11.5. The Hall–Kier alpha value is -2.19. The lowest BCUT2D eigenvalue weighted by Gasteiger charge is -2.22. The highest BCUT2D eigenvalue weighted by Gasteiger charge is 2.15. The molecule has 0 atom stereocenters. The first-order valence-corrected chi connectivity index (χ1v) is 5.80. The molecule has 0 aromatic heterocycles. The number of nitrogens with zero attached hydrogens (tertiary/aromatic N) is 2. The largest absolute Gasteiger partial charge is 0.354 e. The Morgan fingerprint density at radius 3 is 2.65 bits per heavy atom. The molecular formula is C12H17N3O5. The lowest BCUT2D eigenvalue weighted by Crippen LogP contribution is -2.38. The van der Waals surface area contributed by atoms with Crippen LogP contribution in [-0.4, -0.2) is 50.0 Å². The number of urea groups is 1. The Kier molecular flexibility index (Phi) is 5.88. The average Bonchev–Trinajstić information content (AvgIpc) is 2.44. The molecule has 0 spiro atoms. The predicted molar refractivity (Wildman–Crippen MR) is 72.6 cm³/mol. The molecule has 0 bridgehead atoms. The van der Waals surface area contributed by atoms with Crippen molar-refractivity contribution >= 4 is 17.4 Å². The Bertz CT molecular complexity index is 476. The minimum Gasteiger partial charge on any atom is -0.354 e. The SMILES string of the molecule is COC(CN(C)C(=O)Nc1cccc([N+](=O)[O-])c1)OC. The molecule has 110 valence electrons. The molecule has 0 saturated heterocycles. The van der Waals surface area contributed by atoms with E-state index in [1.807, 2.05) is 0 Å². The van der Waals surface area contributed by atoms with Crippen LogP contribution in [0.2, 0.25) is 0 Å². The average molecular weight is 283 g/mol. The van der Waals surface area contributed by atoms with Crippen LogP contribution in [0.3, 0.4) is 0 Å². The quantitative estimate of drug-likeness (QED) is 0.487. The number of hydrogen-bond donors (Lipinski definition) is 1. The molecule has 1 N–H and O–H groups in total. The molecule has 0 radical (unpaired) electrons. The van der Waals surface area contributed by atoms with Gasteiger partial charge in [0.2, 0.25) is 0 Å². The number of methoxy groups -OCH3 is 2. The van der Waals surface area contributed by atoms with Gasteiger partial charge in [-0.05, 0) is 6.07 Å². The number of nitrogens with one attached hydrogen (secondary N) is 1. The first-order valence-electron chi connectivity index (χ1n) is 5.80. The van der Waals surface area contributed by atoms with Crippen LogP contribution in [-0.2, 0) is 9.47 Å². The van der Waals surface area contributed by atoms with Gasteiger partial charge in [-0.1, -0.05) is 6.07 Å². The third-order valence-electron chi connectivity index (χ3n) is 2.60. The maximum atomic E-state index is 11.9. The van der Waals surface area contributed by atoms with Crippen LogP contribution in [0.15, 0.2) is 24.3 Å². The Morgan fingerprint density at radius 2 is 2.10 bits per heavy atom. The van der Waals surface area contributed by atoms with Crippen molar-refractivity contribution in [2.24, 2.45) is 0 Å². The van der Waals surface area contributed by atoms with E-state index in [4.69, 9.17) is 9.47 Å². The summed E-state index contributed by atoms with van der Waals surface area (Å²) in [6, 6.07) is 5.30. The fourth-order valence-electron chi connectivity index (χ4n) is 1.47. The molecule has 1 rings (SSSR count). The number of amides is 2. The number of nitro groups is 1. The summed E-state index contributed by atoms with van der Waals surface area (Å²) < 4.78 is 9.98. The minimum atomic E-state index is -0.532. The van der Waals surface area contributed by atoms with Crippen molar-refractivity contribution in [1.29, 1.82) is 0 Å². The van der Waals surface area contributed by atoms with E-state index in [9.17, 15) is 14.9 Å². The van der Waals surface area contributed by atoms with Gasteiger partial charge < -0.3 is 19.7 Å². The maximum absolute atomic E-state index is 11.9. The van der Waals surface area contributed by atoms with Crippen LogP contribution in [0.25, 0.3) is 0 Å². The second-order valence-electron chi connectivity index (χ2n) is 4.02. The predicted octanol–water partition coefficient (Wildman–Crippen LogP) is 1.68. The van der Waals surface area contributed by atoms with Crippen molar-refractivity contribution in [3.8, 4) is 0 Å². The monoisotopic (exact) mass is 283 g/mol. The first-order chi connectivity index (χ1) is 9.47. The molecule has 0 fully saturated rings. The number of benzene rings is 1. The van der Waals surface area contributed by atoms with E-state index in [-0.39, 0.29) is 12.2 Å². The van der Waals surface area contributed by atoms with Gasteiger partial charge in [0.15, 0.2) is 6.29 Å². The van der Waals surface area contributed by atoms with Gasteiger partial charge in [0, 0.05) is 39.1 Å². The highest BCUT2D eigenvalue weighted by Crippen LogP contribution is 2.17. The van der Waals surface area contributed by atoms with Crippen molar-refractivity contribution in [3.05, 3.63) is 34.4 Å². The summed E-state index contributed by atoms with van der Waals surface area (Å²) >= 11 is 0. The molecule has 2 amide bonds. The molecule has 0 saturated carbocycles. The van der Waals surface area contributed by atoms with Gasteiger partial charge in [0.1, 0.15) is 0 Å². The molecule has 0 heterocycles. The van der Waals surface area contributed by atoms with Crippen molar-refractivity contribution < 1.29 is 19.2 Å². The molecule has 0 unspecified atom stereocenters. The number of carbonyl (C=O) groups is 1. The van der Waals surface area contributed by atoms with Crippen LogP contribution in [0.1, 0.15) is 0 Å². The third kappa shape index (κ3) is 4.48. The van der Waals surface area contributed by atoms with Crippen LogP contribution >= 0.6 is 0 Å². The fourth-order valence-corrected chi connectivity index (χ4v) is 1.47. The maximum Gasteiger partial charge on any atom is 0.321 e. The summed E-state index contributed by atoms with van der Waals surface area (Å²) in [5, 5.41) is 13.2. The van der Waals surface area contributed by atoms with E-state index in [0.717, 1.165) is 0 Å². The fraction of sp³-hybridized carbons (Fsp3) is 0.417. The summed E-state index contributed by atoms with van der Waals surface area (Å²) in [5.41, 5.74) is 0.263. The summed E-state index contributed by atoms with van der Waals surface area (Å²) in [5.74, 6) is 0. The van der Waals surface area contributed by atoms with Crippen LogP contribution in [0.5, 0.6) is 0 Å². The molecule has 20 heavy (non-hydrogen) atoms. The topological polar surface area (TPSA) is 93.9 Å². The highest BCUT2D eigenvalue weighted by molar-refractivity contribution is 5.89. The van der Waals surface area contributed by atoms with E-state index in [0.29, 0.717) is 5.69 Å². The number of nitro benzene ring substituents is 1. The number of rotatable bonds is 6. The van der Waals surface area contributed by atoms with E-state index in [2.05, 4.69) is 5.32 Å². The highest BCUT2D eigenvalue weighted by atomic mass is 16.7. The Balaban J connectivity index is 2.65. The van der Waals surface area contributed by atoms with Gasteiger partial charge in [0.25, 0.3) is 5.69 Å². The second-order valence-corrected chi connectivity index (χ2v) is 4.02. The van der Waals surface area contributed by atoms with E-state index in [1.165, 1.54) is 37.3 Å². The van der Waals surface area contributed by atoms with Gasteiger partial charge >= 0.3 is 6.03 Å². The summed E-state index contributed by atoms with van der Waals surface area (Å²) in [6.07, 6.45) is -0.532. The van der Waals surface area contributed by atoms with Gasteiger partial charge in [-0.15, -0.1) is 0 Å². The standard InChI is InChI=1S/C12H17N3O5/c1-14(8-11(19-2)20-3)12(16)13-9-5-4-6-10(7-9)15(17)18/h4-7,11H,8H2,1-3H3,(H,13,16). The van der Waals surface area contributed by atoms with Gasteiger partial charge in [0.05, 0.1) is 11.5 Å². The van der Waals surface area contributed by atoms with Crippen LogP contribution in [0, 0.1) is 10.1 Å². The van der Waals surface area contributed by atoms with Gasteiger partial charge in [-0.25, -0.2) is 4.79 Å². The number of carbonyl (C=O) groups excluding carboxylic acids is 1. The van der Waals surface area contributed by atoms with E-state index in [1.54, 1.807) is 13.1 Å². The van der Waals surface area contributed by atoms with Crippen molar-refractivity contribution in [1.82, 2.24) is 4.90 Å². The normalized spacial score (nSPS) is 10.4. The molecule has 1 aromatic rings. The number of anilines is 1. The molecule has 8 heteroatoms. The molecule has 0 aliphatic rings. The summed E-state index contributed by atoms with van der Waals surface area (Å²) in [6.45, 7) is 0.230. The number of ether oxygens (including phenoxy) is 2. The first kappa shape index (κ1) is 15.9.